The Bertz CT molecular complexity index is 1030. The molecule has 6 nitrogen and oxygen atoms in total. The van der Waals surface area contributed by atoms with E-state index < -0.39 is 0 Å². The summed E-state index contributed by atoms with van der Waals surface area (Å²) < 4.78 is 13.0. The van der Waals surface area contributed by atoms with Crippen molar-refractivity contribution in [2.24, 2.45) is 0 Å². The number of hydrogen-bond acceptors (Lipinski definition) is 5. The number of amides is 2. The minimum absolute atomic E-state index is 0.0473. The van der Waals surface area contributed by atoms with Crippen LogP contribution >= 0.6 is 11.3 Å². The number of hydrogen-bond donors (Lipinski definition) is 2. The number of aryl methyl sites for hydroxylation is 2. The van der Waals surface area contributed by atoms with Crippen LogP contribution in [0.1, 0.15) is 11.1 Å². The Hall–Kier alpha value is -3.10. The highest BCUT2D eigenvalue weighted by atomic mass is 32.1. The smallest absolute Gasteiger partial charge is 0.240 e. The zero-order valence-corrected chi connectivity index (χ0v) is 17.8. The van der Waals surface area contributed by atoms with E-state index in [1.165, 1.54) is 23.5 Å². The molecule has 2 N–H and O–H groups in total. The number of aromatic nitrogens is 1. The number of para-hydroxylation sites is 1. The lowest BCUT2D eigenvalue weighted by molar-refractivity contribution is -0.119. The van der Waals surface area contributed by atoms with Crippen LogP contribution in [0.2, 0.25) is 0 Å². The second-order valence-corrected chi connectivity index (χ2v) is 7.94. The van der Waals surface area contributed by atoms with E-state index in [0.29, 0.717) is 10.8 Å². The first kappa shape index (κ1) is 21.6. The number of thiazole rings is 1. The summed E-state index contributed by atoms with van der Waals surface area (Å²) in [5.41, 5.74) is 4.22. The third-order valence-electron chi connectivity index (χ3n) is 4.46. The molecule has 30 heavy (non-hydrogen) atoms. The van der Waals surface area contributed by atoms with Crippen LogP contribution in [-0.4, -0.2) is 41.8 Å². The van der Waals surface area contributed by atoms with Crippen LogP contribution in [-0.2, 0) is 9.59 Å². The molecule has 1 heterocycles. The second kappa shape index (κ2) is 9.60. The Morgan fingerprint density at radius 1 is 1.00 bits per heavy atom. The second-order valence-electron chi connectivity index (χ2n) is 7.08. The van der Waals surface area contributed by atoms with E-state index in [-0.39, 0.29) is 30.7 Å². The molecule has 0 bridgehead atoms. The number of carbonyl (C=O) groups excluding carboxylic acids is 2. The van der Waals surface area contributed by atoms with Gasteiger partial charge in [-0.2, -0.15) is 0 Å². The summed E-state index contributed by atoms with van der Waals surface area (Å²) in [7, 11) is 1.70. The first-order valence-corrected chi connectivity index (χ1v) is 10.3. The molecule has 0 atom stereocenters. The van der Waals surface area contributed by atoms with Crippen molar-refractivity contribution in [2.75, 3.05) is 30.8 Å². The van der Waals surface area contributed by atoms with Gasteiger partial charge in [0.2, 0.25) is 11.8 Å². The molecule has 0 unspecified atom stereocenters. The quantitative estimate of drug-likeness (QED) is 0.597. The third-order valence-corrected chi connectivity index (χ3v) is 5.22. The minimum Gasteiger partial charge on any atom is -0.324 e. The Balaban J connectivity index is 1.51. The highest BCUT2D eigenvalue weighted by molar-refractivity contribution is 7.14. The molecule has 3 aromatic rings. The topological polar surface area (TPSA) is 74.3 Å². The number of benzene rings is 2. The lowest BCUT2D eigenvalue weighted by Crippen LogP contribution is -2.36. The summed E-state index contributed by atoms with van der Waals surface area (Å²) >= 11 is 1.29. The van der Waals surface area contributed by atoms with Crippen molar-refractivity contribution in [2.45, 2.75) is 13.8 Å². The standard InChI is InChI=1S/C22H23FN4O2S/c1-14-5-4-6-15(2)21(14)25-19(28)11-27(3)12-20(29)26-22-24-18(13-30-22)16-7-9-17(23)10-8-16/h4-10,13H,11-12H2,1-3H3,(H,25,28)(H,24,26,29). The number of carbonyl (C=O) groups is 2. The molecule has 2 aromatic carbocycles. The van der Waals surface area contributed by atoms with E-state index in [2.05, 4.69) is 15.6 Å². The SMILES string of the molecule is Cc1cccc(C)c1NC(=O)CN(C)CC(=O)Nc1nc(-c2ccc(F)cc2)cs1. The molecule has 0 saturated carbocycles. The highest BCUT2D eigenvalue weighted by Gasteiger charge is 2.14. The lowest BCUT2D eigenvalue weighted by Gasteiger charge is -2.17. The van der Waals surface area contributed by atoms with Gasteiger partial charge >= 0.3 is 0 Å². The molecule has 0 aliphatic heterocycles. The number of likely N-dealkylation sites (N-methyl/N-ethyl adjacent to an activating group) is 1. The summed E-state index contributed by atoms with van der Waals surface area (Å²) in [6.45, 7) is 4.01. The molecule has 0 spiro atoms. The van der Waals surface area contributed by atoms with Gasteiger partial charge < -0.3 is 10.6 Å². The number of nitrogens with zero attached hydrogens (tertiary/aromatic N) is 2. The predicted molar refractivity (Wildman–Crippen MR) is 118 cm³/mol. The zero-order chi connectivity index (χ0) is 21.7. The van der Waals surface area contributed by atoms with E-state index in [9.17, 15) is 14.0 Å². The van der Waals surface area contributed by atoms with Crippen LogP contribution in [0.25, 0.3) is 11.3 Å². The number of rotatable bonds is 7. The van der Waals surface area contributed by atoms with Gasteiger partial charge in [0.05, 0.1) is 18.8 Å². The molecule has 8 heteroatoms. The molecular formula is C22H23FN4O2S. The summed E-state index contributed by atoms with van der Waals surface area (Å²) in [4.78, 5) is 30.6. The molecule has 3 rings (SSSR count). The fourth-order valence-corrected chi connectivity index (χ4v) is 3.72. The van der Waals surface area contributed by atoms with Gasteiger partial charge in [-0.3, -0.25) is 14.5 Å². The maximum Gasteiger partial charge on any atom is 0.240 e. The van der Waals surface area contributed by atoms with Gasteiger partial charge in [0.1, 0.15) is 5.82 Å². The van der Waals surface area contributed by atoms with Gasteiger partial charge in [-0.1, -0.05) is 18.2 Å². The van der Waals surface area contributed by atoms with E-state index in [1.807, 2.05) is 32.0 Å². The summed E-state index contributed by atoms with van der Waals surface area (Å²) in [5, 5.41) is 7.89. The van der Waals surface area contributed by atoms with Crippen molar-refractivity contribution < 1.29 is 14.0 Å². The maximum atomic E-state index is 13.0. The van der Waals surface area contributed by atoms with Crippen LogP contribution in [0.15, 0.2) is 47.8 Å². The van der Waals surface area contributed by atoms with Crippen molar-refractivity contribution in [1.29, 1.82) is 0 Å². The van der Waals surface area contributed by atoms with Crippen LogP contribution in [0.4, 0.5) is 15.2 Å². The molecule has 0 aliphatic rings. The molecule has 0 fully saturated rings. The van der Waals surface area contributed by atoms with Gasteiger partial charge in [-0.15, -0.1) is 11.3 Å². The lowest BCUT2D eigenvalue weighted by atomic mass is 10.1. The van der Waals surface area contributed by atoms with Crippen molar-refractivity contribution in [1.82, 2.24) is 9.88 Å². The van der Waals surface area contributed by atoms with Crippen LogP contribution in [0, 0.1) is 19.7 Å². The first-order valence-electron chi connectivity index (χ1n) is 9.38. The fourth-order valence-electron chi connectivity index (χ4n) is 2.98. The van der Waals surface area contributed by atoms with Gasteiger partial charge in [-0.25, -0.2) is 9.37 Å². The predicted octanol–water partition coefficient (Wildman–Crippen LogP) is 4.08. The maximum absolute atomic E-state index is 13.0. The average Bonchev–Trinajstić information content (AvgIpc) is 3.13. The Morgan fingerprint density at radius 3 is 2.23 bits per heavy atom. The van der Waals surface area contributed by atoms with Crippen LogP contribution in [0.5, 0.6) is 0 Å². The van der Waals surface area contributed by atoms with Crippen LogP contribution < -0.4 is 10.6 Å². The number of halogens is 1. The van der Waals surface area contributed by atoms with Gasteiger partial charge in [0.15, 0.2) is 5.13 Å². The van der Waals surface area contributed by atoms with Crippen molar-refractivity contribution in [3.8, 4) is 11.3 Å². The summed E-state index contributed by atoms with van der Waals surface area (Å²) in [6, 6.07) is 11.8. The van der Waals surface area contributed by atoms with E-state index >= 15 is 0 Å². The molecule has 0 saturated heterocycles. The zero-order valence-electron chi connectivity index (χ0n) is 17.0. The van der Waals surface area contributed by atoms with E-state index in [0.717, 1.165) is 22.4 Å². The average molecular weight is 427 g/mol. The molecule has 2 amide bonds. The van der Waals surface area contributed by atoms with Crippen molar-refractivity contribution >= 4 is 34.0 Å². The Kier molecular flexibility index (Phi) is 6.91. The number of anilines is 2. The molecule has 156 valence electrons. The Labute approximate surface area is 178 Å². The number of nitrogens with one attached hydrogen (secondary N) is 2. The molecular weight excluding hydrogens is 403 g/mol. The van der Waals surface area contributed by atoms with Gasteiger partial charge in [0.25, 0.3) is 0 Å². The monoisotopic (exact) mass is 426 g/mol. The van der Waals surface area contributed by atoms with Crippen LogP contribution in [0.3, 0.4) is 0 Å². The van der Waals surface area contributed by atoms with Crippen molar-refractivity contribution in [3.05, 3.63) is 64.8 Å². The summed E-state index contributed by atoms with van der Waals surface area (Å²) in [6.07, 6.45) is 0. The van der Waals surface area contributed by atoms with Crippen molar-refractivity contribution in [3.63, 3.8) is 0 Å². The minimum atomic E-state index is -0.313. The normalized spacial score (nSPS) is 10.8. The highest BCUT2D eigenvalue weighted by Crippen LogP contribution is 2.25. The molecule has 1 aromatic heterocycles. The van der Waals surface area contributed by atoms with E-state index in [4.69, 9.17) is 0 Å². The molecule has 0 aliphatic carbocycles. The Morgan fingerprint density at radius 2 is 1.60 bits per heavy atom. The third kappa shape index (κ3) is 5.71. The first-order chi connectivity index (χ1) is 14.3. The summed E-state index contributed by atoms with van der Waals surface area (Å²) in [5.74, 6) is -0.764. The largest absolute Gasteiger partial charge is 0.324 e. The van der Waals surface area contributed by atoms with Gasteiger partial charge in [0, 0.05) is 16.6 Å². The van der Waals surface area contributed by atoms with Gasteiger partial charge in [-0.05, 0) is 56.3 Å². The fraction of sp³-hybridized carbons (Fsp3) is 0.227. The van der Waals surface area contributed by atoms with E-state index in [1.54, 1.807) is 29.5 Å². The molecule has 0 radical (unpaired) electrons.